The van der Waals surface area contributed by atoms with Gasteiger partial charge in [-0.3, -0.25) is 4.79 Å². The van der Waals surface area contributed by atoms with Crippen molar-refractivity contribution in [3.63, 3.8) is 0 Å². The molecule has 7 nitrogen and oxygen atoms in total. The summed E-state index contributed by atoms with van der Waals surface area (Å²) in [5.41, 5.74) is 4.35. The quantitative estimate of drug-likeness (QED) is 0.482. The molecule has 3 amide bonds. The van der Waals surface area contributed by atoms with Crippen LogP contribution in [0.25, 0.3) is 0 Å². The van der Waals surface area contributed by atoms with Crippen molar-refractivity contribution in [2.24, 2.45) is 5.92 Å². The Kier molecular flexibility index (Phi) is 7.59. The number of hydrogen-bond acceptors (Lipinski definition) is 4. The fourth-order valence-electron chi connectivity index (χ4n) is 4.99. The maximum absolute atomic E-state index is 13.4. The number of ether oxygens (including phenoxy) is 2. The molecule has 0 saturated carbocycles. The monoisotopic (exact) mass is 499 g/mol. The number of carbonyl (C=O) groups is 2. The summed E-state index contributed by atoms with van der Waals surface area (Å²) in [5, 5.41) is 6.11. The van der Waals surface area contributed by atoms with E-state index in [0.717, 1.165) is 41.7 Å². The molecule has 2 unspecified atom stereocenters. The molecule has 0 bridgehead atoms. The van der Waals surface area contributed by atoms with Crippen molar-refractivity contribution >= 4 is 11.9 Å². The van der Waals surface area contributed by atoms with Crippen LogP contribution in [0.3, 0.4) is 0 Å². The van der Waals surface area contributed by atoms with E-state index in [2.05, 4.69) is 41.8 Å². The highest BCUT2D eigenvalue weighted by atomic mass is 16.7. The number of aryl methyl sites for hydroxylation is 1. The van der Waals surface area contributed by atoms with Crippen molar-refractivity contribution in [3.8, 4) is 11.5 Å². The number of rotatable bonds is 7. The molecule has 1 fully saturated rings. The Balaban J connectivity index is 1.26. The molecule has 0 spiro atoms. The third-order valence-corrected chi connectivity index (χ3v) is 7.18. The molecule has 2 aliphatic rings. The first-order valence-corrected chi connectivity index (χ1v) is 12.9. The number of fused-ring (bicyclic) bond motifs is 1. The van der Waals surface area contributed by atoms with E-state index in [9.17, 15) is 9.59 Å². The van der Waals surface area contributed by atoms with Crippen LogP contribution in [0.5, 0.6) is 11.5 Å². The van der Waals surface area contributed by atoms with Gasteiger partial charge in [0.05, 0.1) is 12.0 Å². The number of nitrogens with zero attached hydrogens (tertiary/aromatic N) is 1. The third kappa shape index (κ3) is 5.88. The highest BCUT2D eigenvalue weighted by Gasteiger charge is 2.35. The molecule has 2 atom stereocenters. The summed E-state index contributed by atoms with van der Waals surface area (Å²) in [6.45, 7) is 3.56. The fourth-order valence-corrected chi connectivity index (χ4v) is 4.99. The van der Waals surface area contributed by atoms with E-state index in [0.29, 0.717) is 25.4 Å². The van der Waals surface area contributed by atoms with Crippen LogP contribution in [-0.4, -0.2) is 30.2 Å². The van der Waals surface area contributed by atoms with E-state index in [1.54, 1.807) is 0 Å². The molecule has 192 valence electrons. The smallest absolute Gasteiger partial charge is 0.318 e. The number of carbonyl (C=O) groups excluding carboxylic acids is 2. The van der Waals surface area contributed by atoms with Crippen molar-refractivity contribution in [2.45, 2.75) is 45.3 Å². The zero-order valence-electron chi connectivity index (χ0n) is 21.1. The molecule has 2 heterocycles. The van der Waals surface area contributed by atoms with Crippen molar-refractivity contribution in [1.29, 1.82) is 0 Å². The van der Waals surface area contributed by atoms with Gasteiger partial charge in [0.2, 0.25) is 12.7 Å². The topological polar surface area (TPSA) is 79.9 Å². The minimum atomic E-state index is -0.275. The van der Waals surface area contributed by atoms with Crippen LogP contribution >= 0.6 is 0 Å². The molecule has 0 aromatic heterocycles. The van der Waals surface area contributed by atoms with E-state index >= 15 is 0 Å². The van der Waals surface area contributed by atoms with E-state index < -0.39 is 0 Å². The first-order chi connectivity index (χ1) is 18.1. The summed E-state index contributed by atoms with van der Waals surface area (Å²) in [6, 6.07) is 23.8. The summed E-state index contributed by atoms with van der Waals surface area (Å²) in [7, 11) is 0. The zero-order valence-corrected chi connectivity index (χ0v) is 21.1. The van der Waals surface area contributed by atoms with E-state index in [1.165, 1.54) is 5.56 Å². The summed E-state index contributed by atoms with van der Waals surface area (Å²) < 4.78 is 10.8. The van der Waals surface area contributed by atoms with Crippen LogP contribution < -0.4 is 20.1 Å². The summed E-state index contributed by atoms with van der Waals surface area (Å²) in [6.07, 6.45) is 2.42. The van der Waals surface area contributed by atoms with Gasteiger partial charge in [0.15, 0.2) is 11.5 Å². The third-order valence-electron chi connectivity index (χ3n) is 7.18. The van der Waals surface area contributed by atoms with Crippen LogP contribution in [0.15, 0.2) is 72.8 Å². The van der Waals surface area contributed by atoms with Gasteiger partial charge >= 0.3 is 6.03 Å². The standard InChI is InChI=1S/C30H33N3O4/c1-2-21-8-11-24(12-9-21)26-14-13-25(19-33(26)30(35)32-17-22-6-4-3-5-7-22)29(34)31-18-23-10-15-27-28(16-23)37-20-36-27/h3-12,15-16,25-26H,2,13-14,17-20H2,1H3,(H,31,34)(H,32,35). The summed E-state index contributed by atoms with van der Waals surface area (Å²) in [5.74, 6) is 1.10. The fraction of sp³-hybridized carbons (Fsp3) is 0.333. The van der Waals surface area contributed by atoms with Gasteiger partial charge in [0.1, 0.15) is 0 Å². The van der Waals surface area contributed by atoms with Gasteiger partial charge in [0.25, 0.3) is 0 Å². The molecular weight excluding hydrogens is 466 g/mol. The van der Waals surface area contributed by atoms with E-state index in [1.807, 2.05) is 53.4 Å². The largest absolute Gasteiger partial charge is 0.454 e. The van der Waals surface area contributed by atoms with Crippen LogP contribution in [0, 0.1) is 5.92 Å². The van der Waals surface area contributed by atoms with Crippen LogP contribution in [0.4, 0.5) is 4.79 Å². The first-order valence-electron chi connectivity index (χ1n) is 12.9. The van der Waals surface area contributed by atoms with Crippen molar-refractivity contribution in [1.82, 2.24) is 15.5 Å². The number of likely N-dealkylation sites (tertiary alicyclic amines) is 1. The SMILES string of the molecule is CCc1ccc(C2CCC(C(=O)NCc3ccc4c(c3)OCO4)CN2C(=O)NCc2ccccc2)cc1. The molecule has 7 heteroatoms. The van der Waals surface area contributed by atoms with E-state index in [4.69, 9.17) is 9.47 Å². The Bertz CT molecular complexity index is 1230. The number of nitrogens with one attached hydrogen (secondary N) is 2. The number of urea groups is 1. The maximum Gasteiger partial charge on any atom is 0.318 e. The lowest BCUT2D eigenvalue weighted by molar-refractivity contribution is -0.126. The zero-order chi connectivity index (χ0) is 25.6. The van der Waals surface area contributed by atoms with Gasteiger partial charge in [-0.25, -0.2) is 4.79 Å². The molecule has 1 saturated heterocycles. The van der Waals surface area contributed by atoms with Crippen molar-refractivity contribution < 1.29 is 19.1 Å². The molecule has 5 rings (SSSR count). The average molecular weight is 500 g/mol. The molecular formula is C30H33N3O4. The minimum Gasteiger partial charge on any atom is -0.454 e. The first kappa shape index (κ1) is 24.7. The number of hydrogen-bond donors (Lipinski definition) is 2. The van der Waals surface area contributed by atoms with Crippen molar-refractivity contribution in [3.05, 3.63) is 95.1 Å². The second-order valence-corrected chi connectivity index (χ2v) is 9.59. The number of amides is 3. The molecule has 3 aromatic carbocycles. The van der Waals surface area contributed by atoms with Gasteiger partial charge in [-0.2, -0.15) is 0 Å². The highest BCUT2D eigenvalue weighted by Crippen LogP contribution is 2.35. The molecule has 3 aromatic rings. The summed E-state index contributed by atoms with van der Waals surface area (Å²) in [4.78, 5) is 28.4. The van der Waals surface area contributed by atoms with Gasteiger partial charge < -0.3 is 25.0 Å². The van der Waals surface area contributed by atoms with Crippen LogP contribution in [0.1, 0.15) is 48.1 Å². The molecule has 37 heavy (non-hydrogen) atoms. The molecule has 0 aliphatic carbocycles. The van der Waals surface area contributed by atoms with Crippen LogP contribution in [-0.2, 0) is 24.3 Å². The van der Waals surface area contributed by atoms with E-state index in [-0.39, 0.29) is 30.7 Å². The van der Waals surface area contributed by atoms with Gasteiger partial charge in [-0.15, -0.1) is 0 Å². The predicted molar refractivity (Wildman–Crippen MR) is 141 cm³/mol. The maximum atomic E-state index is 13.4. The van der Waals surface area contributed by atoms with Gasteiger partial charge in [-0.05, 0) is 53.6 Å². The lowest BCUT2D eigenvalue weighted by Gasteiger charge is -2.39. The average Bonchev–Trinajstić information content (AvgIpc) is 3.43. The second kappa shape index (κ2) is 11.4. The van der Waals surface area contributed by atoms with Crippen LogP contribution in [0.2, 0.25) is 0 Å². The Morgan fingerprint density at radius 2 is 1.57 bits per heavy atom. The Morgan fingerprint density at radius 3 is 2.35 bits per heavy atom. The normalized spacial score (nSPS) is 18.4. The lowest BCUT2D eigenvalue weighted by atomic mass is 9.88. The second-order valence-electron chi connectivity index (χ2n) is 9.59. The minimum absolute atomic E-state index is 0.0432. The van der Waals surface area contributed by atoms with Gasteiger partial charge in [-0.1, -0.05) is 67.6 Å². The highest BCUT2D eigenvalue weighted by molar-refractivity contribution is 5.81. The summed E-state index contributed by atoms with van der Waals surface area (Å²) >= 11 is 0. The Labute approximate surface area is 217 Å². The number of benzene rings is 3. The van der Waals surface area contributed by atoms with Crippen molar-refractivity contribution in [2.75, 3.05) is 13.3 Å². The molecule has 2 aliphatic heterocycles. The van der Waals surface area contributed by atoms with Gasteiger partial charge in [0, 0.05) is 19.6 Å². The molecule has 0 radical (unpaired) electrons. The lowest BCUT2D eigenvalue weighted by Crippen LogP contribution is -2.50. The number of piperidine rings is 1. The Hall–Kier alpha value is -4.00. The molecule has 2 N–H and O–H groups in total. The predicted octanol–water partition coefficient (Wildman–Crippen LogP) is 4.96. The Morgan fingerprint density at radius 1 is 0.838 bits per heavy atom.